The molecule has 0 aromatic rings. The molecule has 0 radical (unpaired) electrons. The van der Waals surface area contributed by atoms with Crippen molar-refractivity contribution in [3.8, 4) is 0 Å². The number of primary amides is 2. The van der Waals surface area contributed by atoms with Crippen LogP contribution >= 0.6 is 12.6 Å². The fourth-order valence-corrected chi connectivity index (χ4v) is 2.23. The monoisotopic (exact) mass is 434 g/mol. The topological polar surface area (TPSA) is 237 Å². The van der Waals surface area contributed by atoms with E-state index in [1.807, 2.05) is 0 Å². The summed E-state index contributed by atoms with van der Waals surface area (Å²) in [5.41, 5.74) is 15.6. The molecule has 0 spiro atoms. The Balaban J connectivity index is 4.97. The number of hydrogen-bond acceptors (Lipinski definition) is 8. The van der Waals surface area contributed by atoms with Crippen LogP contribution in [0.3, 0.4) is 0 Å². The molecule has 14 heteroatoms. The van der Waals surface area contributed by atoms with Crippen molar-refractivity contribution in [1.82, 2.24) is 16.0 Å². The van der Waals surface area contributed by atoms with Crippen molar-refractivity contribution in [2.75, 3.05) is 5.75 Å². The number of nitrogens with one attached hydrogen (secondary N) is 3. The Kier molecular flexibility index (Phi) is 11.3. The van der Waals surface area contributed by atoms with Gasteiger partial charge in [0.25, 0.3) is 0 Å². The van der Waals surface area contributed by atoms with Gasteiger partial charge in [-0.15, -0.1) is 0 Å². The normalized spacial score (nSPS) is 14.6. The smallest absolute Gasteiger partial charge is 0.327 e. The van der Waals surface area contributed by atoms with Crippen LogP contribution in [0, 0.1) is 0 Å². The Labute approximate surface area is 171 Å². The summed E-state index contributed by atoms with van der Waals surface area (Å²) in [6.45, 7) is 1.29. The SMILES string of the molecule is CC(NC(=O)C(N)CCC(N)=O)C(=O)NC(CC(N)=O)C(=O)NC(CS)C(=O)O. The van der Waals surface area contributed by atoms with Gasteiger partial charge in [-0.2, -0.15) is 12.6 Å². The third-order valence-corrected chi connectivity index (χ3v) is 3.99. The zero-order chi connectivity index (χ0) is 22.7. The first-order valence-electron chi connectivity index (χ1n) is 8.46. The van der Waals surface area contributed by atoms with Crippen molar-refractivity contribution >= 4 is 48.1 Å². The van der Waals surface area contributed by atoms with Crippen molar-refractivity contribution < 1.29 is 33.9 Å². The standard InChI is InChI=1S/C15H26N6O7S/c1-6(19-13(25)7(16)2-3-10(17)22)12(24)20-8(4-11(18)23)14(26)21-9(5-29)15(27)28/h6-9,29H,2-5,16H2,1H3,(H2,17,22)(H2,18,23)(H,19,25)(H,20,24)(H,21,26)(H,27,28). The molecule has 0 saturated heterocycles. The van der Waals surface area contributed by atoms with Gasteiger partial charge in [0.15, 0.2) is 0 Å². The highest BCUT2D eigenvalue weighted by Gasteiger charge is 2.29. The van der Waals surface area contributed by atoms with Crippen LogP contribution < -0.4 is 33.2 Å². The zero-order valence-corrected chi connectivity index (χ0v) is 16.6. The van der Waals surface area contributed by atoms with Gasteiger partial charge >= 0.3 is 5.97 Å². The van der Waals surface area contributed by atoms with Crippen molar-refractivity contribution in [3.63, 3.8) is 0 Å². The van der Waals surface area contributed by atoms with Crippen LogP contribution in [-0.2, 0) is 28.8 Å². The second-order valence-corrected chi connectivity index (χ2v) is 6.52. The summed E-state index contributed by atoms with van der Waals surface area (Å²) >= 11 is 3.79. The lowest BCUT2D eigenvalue weighted by Gasteiger charge is -2.22. The van der Waals surface area contributed by atoms with Crippen LogP contribution in [0.15, 0.2) is 0 Å². The molecule has 0 aromatic carbocycles. The van der Waals surface area contributed by atoms with Crippen molar-refractivity contribution in [3.05, 3.63) is 0 Å². The molecule has 0 heterocycles. The maximum atomic E-state index is 12.2. The summed E-state index contributed by atoms with van der Waals surface area (Å²) in [6, 6.07) is -5.07. The second-order valence-electron chi connectivity index (χ2n) is 6.16. The molecule has 4 unspecified atom stereocenters. The number of amides is 5. The Morgan fingerprint density at radius 3 is 1.90 bits per heavy atom. The number of hydrogen-bond donors (Lipinski definition) is 8. The predicted octanol–water partition coefficient (Wildman–Crippen LogP) is -4.06. The zero-order valence-electron chi connectivity index (χ0n) is 15.7. The van der Waals surface area contributed by atoms with E-state index in [1.54, 1.807) is 0 Å². The van der Waals surface area contributed by atoms with Crippen LogP contribution in [-0.4, -0.2) is 70.5 Å². The molecule has 0 bridgehead atoms. The van der Waals surface area contributed by atoms with Crippen LogP contribution in [0.4, 0.5) is 0 Å². The molecule has 0 aromatic heterocycles. The molecule has 0 aliphatic rings. The first-order valence-corrected chi connectivity index (χ1v) is 9.09. The molecular weight excluding hydrogens is 408 g/mol. The van der Waals surface area contributed by atoms with E-state index in [4.69, 9.17) is 22.3 Å². The average molecular weight is 434 g/mol. The third kappa shape index (κ3) is 10.3. The van der Waals surface area contributed by atoms with Crippen LogP contribution in [0.5, 0.6) is 0 Å². The Morgan fingerprint density at radius 1 is 0.897 bits per heavy atom. The fraction of sp³-hybridized carbons (Fsp3) is 0.600. The van der Waals surface area contributed by atoms with Gasteiger partial charge in [0.1, 0.15) is 18.1 Å². The minimum absolute atomic E-state index is 0.0253. The molecule has 0 saturated carbocycles. The van der Waals surface area contributed by atoms with Crippen molar-refractivity contribution in [2.24, 2.45) is 17.2 Å². The average Bonchev–Trinajstić information content (AvgIpc) is 2.62. The second kappa shape index (κ2) is 12.6. The van der Waals surface area contributed by atoms with E-state index in [2.05, 4.69) is 28.6 Å². The first kappa shape index (κ1) is 26.1. The number of carbonyl (C=O) groups is 6. The summed E-state index contributed by atoms with van der Waals surface area (Å²) in [5.74, 6) is -5.69. The molecule has 0 rings (SSSR count). The Morgan fingerprint density at radius 2 is 1.45 bits per heavy atom. The molecule has 164 valence electrons. The summed E-state index contributed by atoms with van der Waals surface area (Å²) < 4.78 is 0. The van der Waals surface area contributed by atoms with Gasteiger partial charge in [0.05, 0.1) is 12.5 Å². The minimum atomic E-state index is -1.47. The molecule has 10 N–H and O–H groups in total. The van der Waals surface area contributed by atoms with Crippen molar-refractivity contribution in [2.45, 2.75) is 50.4 Å². The fourth-order valence-electron chi connectivity index (χ4n) is 1.98. The molecule has 4 atom stereocenters. The maximum Gasteiger partial charge on any atom is 0.327 e. The van der Waals surface area contributed by atoms with E-state index in [-0.39, 0.29) is 18.6 Å². The predicted molar refractivity (Wildman–Crippen MR) is 103 cm³/mol. The molecule has 0 aliphatic carbocycles. The van der Waals surface area contributed by atoms with E-state index in [1.165, 1.54) is 6.92 Å². The number of carboxylic acid groups (broad SMARTS) is 1. The largest absolute Gasteiger partial charge is 0.480 e. The lowest BCUT2D eigenvalue weighted by Crippen LogP contribution is -2.57. The molecule has 0 aliphatic heterocycles. The Bertz CT molecular complexity index is 659. The number of carboxylic acids is 1. The van der Waals surface area contributed by atoms with Gasteiger partial charge < -0.3 is 38.3 Å². The molecule has 29 heavy (non-hydrogen) atoms. The quantitative estimate of drug-likeness (QED) is 0.132. The van der Waals surface area contributed by atoms with Gasteiger partial charge in [-0.05, 0) is 13.3 Å². The molecule has 13 nitrogen and oxygen atoms in total. The lowest BCUT2D eigenvalue weighted by atomic mass is 10.1. The third-order valence-electron chi connectivity index (χ3n) is 3.63. The van der Waals surface area contributed by atoms with Crippen molar-refractivity contribution in [1.29, 1.82) is 0 Å². The van der Waals surface area contributed by atoms with E-state index in [9.17, 15) is 28.8 Å². The molecular formula is C15H26N6O7S. The van der Waals surface area contributed by atoms with Gasteiger partial charge in [-0.3, -0.25) is 24.0 Å². The highest BCUT2D eigenvalue weighted by atomic mass is 32.1. The van der Waals surface area contributed by atoms with E-state index in [0.717, 1.165) is 0 Å². The number of carbonyl (C=O) groups excluding carboxylic acids is 5. The van der Waals surface area contributed by atoms with Gasteiger partial charge in [-0.25, -0.2) is 4.79 Å². The van der Waals surface area contributed by atoms with E-state index < -0.39 is 66.1 Å². The van der Waals surface area contributed by atoms with Crippen LogP contribution in [0.2, 0.25) is 0 Å². The van der Waals surface area contributed by atoms with E-state index >= 15 is 0 Å². The van der Waals surface area contributed by atoms with E-state index in [0.29, 0.717) is 0 Å². The highest BCUT2D eigenvalue weighted by molar-refractivity contribution is 7.80. The number of thiol groups is 1. The lowest BCUT2D eigenvalue weighted by molar-refractivity contribution is -0.141. The number of rotatable bonds is 13. The summed E-state index contributed by atoms with van der Waals surface area (Å²) in [7, 11) is 0. The highest BCUT2D eigenvalue weighted by Crippen LogP contribution is 1.99. The molecule has 5 amide bonds. The first-order chi connectivity index (χ1) is 13.4. The molecule has 0 fully saturated rings. The Hall–Kier alpha value is -2.87. The number of aliphatic carboxylic acids is 1. The maximum absolute atomic E-state index is 12.2. The van der Waals surface area contributed by atoms with Crippen LogP contribution in [0.25, 0.3) is 0 Å². The summed E-state index contributed by atoms with van der Waals surface area (Å²) in [6.07, 6.45) is -0.746. The van der Waals surface area contributed by atoms with Gasteiger partial charge in [0.2, 0.25) is 29.5 Å². The van der Waals surface area contributed by atoms with Gasteiger partial charge in [0, 0.05) is 12.2 Å². The minimum Gasteiger partial charge on any atom is -0.480 e. The number of nitrogens with two attached hydrogens (primary N) is 3. The van der Waals surface area contributed by atoms with Gasteiger partial charge in [-0.1, -0.05) is 0 Å². The summed E-state index contributed by atoms with van der Waals surface area (Å²) in [5, 5.41) is 15.6. The van der Waals surface area contributed by atoms with Crippen LogP contribution in [0.1, 0.15) is 26.2 Å². The summed E-state index contributed by atoms with van der Waals surface area (Å²) in [4.78, 5) is 69.3.